The van der Waals surface area contributed by atoms with Crippen molar-refractivity contribution < 1.29 is 0 Å². The first kappa shape index (κ1) is 9.16. The van der Waals surface area contributed by atoms with E-state index in [4.69, 9.17) is 0 Å². The summed E-state index contributed by atoms with van der Waals surface area (Å²) in [6, 6.07) is 0. The monoisotopic (exact) mass is 196 g/mol. The molecule has 1 aliphatic rings. The van der Waals surface area contributed by atoms with E-state index in [0.717, 1.165) is 5.92 Å². The maximum absolute atomic E-state index is 4.42. The summed E-state index contributed by atoms with van der Waals surface area (Å²) >= 11 is 1.76. The number of rotatable bonds is 2. The van der Waals surface area contributed by atoms with Crippen molar-refractivity contribution in [2.45, 2.75) is 25.8 Å². The van der Waals surface area contributed by atoms with Crippen LogP contribution in [0.5, 0.6) is 0 Å². The van der Waals surface area contributed by atoms with Gasteiger partial charge in [0.2, 0.25) is 0 Å². The maximum Gasteiger partial charge on any atom is 0.113 e. The van der Waals surface area contributed by atoms with Gasteiger partial charge in [0.05, 0.1) is 5.54 Å². The minimum absolute atomic E-state index is 0.174. The van der Waals surface area contributed by atoms with Crippen LogP contribution in [0.4, 0.5) is 0 Å². The molecule has 1 N–H and O–H groups in total. The van der Waals surface area contributed by atoms with Crippen molar-refractivity contribution in [3.63, 3.8) is 0 Å². The number of hydrogen-bond acceptors (Lipinski definition) is 3. The van der Waals surface area contributed by atoms with E-state index < -0.39 is 0 Å². The molecule has 0 radical (unpaired) electrons. The van der Waals surface area contributed by atoms with Crippen LogP contribution < -0.4 is 5.32 Å². The zero-order valence-electron chi connectivity index (χ0n) is 8.37. The lowest BCUT2D eigenvalue weighted by Crippen LogP contribution is -2.57. The summed E-state index contributed by atoms with van der Waals surface area (Å²) in [6.07, 6.45) is 3.12. The normalized spacial score (nSPS) is 38.7. The molecule has 1 saturated carbocycles. The Labute approximate surface area is 83.4 Å². The topological polar surface area (TPSA) is 24.9 Å². The lowest BCUT2D eigenvalue weighted by molar-refractivity contribution is 0.0318. The molecule has 0 amide bonds. The van der Waals surface area contributed by atoms with Crippen molar-refractivity contribution in [1.82, 2.24) is 10.3 Å². The highest BCUT2D eigenvalue weighted by Crippen LogP contribution is 2.50. The maximum atomic E-state index is 4.42. The van der Waals surface area contributed by atoms with Crippen molar-refractivity contribution in [2.75, 3.05) is 7.05 Å². The Morgan fingerprint density at radius 3 is 2.77 bits per heavy atom. The van der Waals surface area contributed by atoms with Crippen LogP contribution in [0.15, 0.2) is 11.6 Å². The van der Waals surface area contributed by atoms with Gasteiger partial charge >= 0.3 is 0 Å². The molecule has 3 heteroatoms. The van der Waals surface area contributed by atoms with Crippen LogP contribution in [-0.2, 0) is 5.54 Å². The molecule has 0 saturated heterocycles. The summed E-state index contributed by atoms with van der Waals surface area (Å²) in [4.78, 5) is 4.42. The van der Waals surface area contributed by atoms with Gasteiger partial charge in [0.15, 0.2) is 0 Å². The standard InChI is InChI=1S/C10H16N2S/c1-7-6-10(11-3,8(7)2)9-12-4-5-13-9/h4-5,7-8,11H,6H2,1-3H3. The Morgan fingerprint density at radius 1 is 1.62 bits per heavy atom. The second kappa shape index (κ2) is 3.07. The fourth-order valence-corrected chi connectivity index (χ4v) is 3.31. The molecule has 1 aromatic heterocycles. The first-order chi connectivity index (χ1) is 6.20. The molecule has 2 nitrogen and oxygen atoms in total. The second-order valence-electron chi connectivity index (χ2n) is 4.03. The van der Waals surface area contributed by atoms with Gasteiger partial charge in [0, 0.05) is 11.6 Å². The van der Waals surface area contributed by atoms with E-state index in [1.54, 1.807) is 11.3 Å². The van der Waals surface area contributed by atoms with Crippen LogP contribution in [0.3, 0.4) is 0 Å². The number of hydrogen-bond donors (Lipinski definition) is 1. The van der Waals surface area contributed by atoms with Crippen LogP contribution in [0.25, 0.3) is 0 Å². The van der Waals surface area contributed by atoms with E-state index in [0.29, 0.717) is 5.92 Å². The first-order valence-electron chi connectivity index (χ1n) is 4.79. The molecule has 3 unspecified atom stereocenters. The van der Waals surface area contributed by atoms with Crippen LogP contribution in [-0.4, -0.2) is 12.0 Å². The third-order valence-corrected chi connectivity index (χ3v) is 4.49. The molecule has 0 aromatic carbocycles. The van der Waals surface area contributed by atoms with Crippen molar-refractivity contribution >= 4 is 11.3 Å². The van der Waals surface area contributed by atoms with Crippen LogP contribution >= 0.6 is 11.3 Å². The molecule has 1 aromatic rings. The van der Waals surface area contributed by atoms with E-state index >= 15 is 0 Å². The predicted molar refractivity (Wildman–Crippen MR) is 55.8 cm³/mol. The molecule has 0 bridgehead atoms. The third kappa shape index (κ3) is 1.14. The van der Waals surface area contributed by atoms with Gasteiger partial charge in [-0.3, -0.25) is 0 Å². The molecule has 1 aliphatic carbocycles. The van der Waals surface area contributed by atoms with Gasteiger partial charge in [-0.2, -0.15) is 0 Å². The highest BCUT2D eigenvalue weighted by atomic mass is 32.1. The average Bonchev–Trinajstić information content (AvgIpc) is 2.66. The van der Waals surface area contributed by atoms with Gasteiger partial charge < -0.3 is 5.32 Å². The van der Waals surface area contributed by atoms with E-state index in [-0.39, 0.29) is 5.54 Å². The number of aromatic nitrogens is 1. The van der Waals surface area contributed by atoms with Gasteiger partial charge in [-0.05, 0) is 25.3 Å². The number of nitrogens with one attached hydrogen (secondary N) is 1. The Hall–Kier alpha value is -0.410. The van der Waals surface area contributed by atoms with E-state index in [1.807, 2.05) is 13.2 Å². The fraction of sp³-hybridized carbons (Fsp3) is 0.700. The van der Waals surface area contributed by atoms with Gasteiger partial charge in [-0.25, -0.2) is 4.98 Å². The lowest BCUT2D eigenvalue weighted by Gasteiger charge is -2.51. The van der Waals surface area contributed by atoms with Gasteiger partial charge in [-0.1, -0.05) is 13.8 Å². The van der Waals surface area contributed by atoms with Crippen LogP contribution in [0.1, 0.15) is 25.3 Å². The zero-order chi connectivity index (χ0) is 9.47. The molecule has 1 heterocycles. The van der Waals surface area contributed by atoms with Gasteiger partial charge in [-0.15, -0.1) is 11.3 Å². The molecule has 1 fully saturated rings. The van der Waals surface area contributed by atoms with E-state index in [1.165, 1.54) is 11.4 Å². The highest BCUT2D eigenvalue weighted by molar-refractivity contribution is 7.09. The van der Waals surface area contributed by atoms with Crippen molar-refractivity contribution in [3.8, 4) is 0 Å². The largest absolute Gasteiger partial charge is 0.308 e. The molecule has 0 aliphatic heterocycles. The van der Waals surface area contributed by atoms with Crippen molar-refractivity contribution in [3.05, 3.63) is 16.6 Å². The summed E-state index contributed by atoms with van der Waals surface area (Å²) in [6.45, 7) is 4.62. The van der Waals surface area contributed by atoms with E-state index in [9.17, 15) is 0 Å². The van der Waals surface area contributed by atoms with Crippen LogP contribution in [0.2, 0.25) is 0 Å². The number of nitrogens with zero attached hydrogens (tertiary/aromatic N) is 1. The van der Waals surface area contributed by atoms with Gasteiger partial charge in [0.1, 0.15) is 5.01 Å². The summed E-state index contributed by atoms with van der Waals surface area (Å²) in [5.41, 5.74) is 0.174. The molecular formula is C10H16N2S. The van der Waals surface area contributed by atoms with Crippen molar-refractivity contribution in [2.24, 2.45) is 11.8 Å². The lowest BCUT2D eigenvalue weighted by atomic mass is 9.61. The Balaban J connectivity index is 2.28. The van der Waals surface area contributed by atoms with E-state index in [2.05, 4.69) is 29.5 Å². The molecule has 13 heavy (non-hydrogen) atoms. The Morgan fingerprint density at radius 2 is 2.38 bits per heavy atom. The SMILES string of the molecule is CNC1(c2nccs2)CC(C)C1C. The summed E-state index contributed by atoms with van der Waals surface area (Å²) in [5.74, 6) is 1.51. The second-order valence-corrected chi connectivity index (χ2v) is 4.92. The molecule has 72 valence electrons. The predicted octanol–water partition coefficient (Wildman–Crippen LogP) is 2.23. The first-order valence-corrected chi connectivity index (χ1v) is 5.67. The Bertz CT molecular complexity index is 283. The zero-order valence-corrected chi connectivity index (χ0v) is 9.19. The number of thiazole rings is 1. The molecule has 2 rings (SSSR count). The molecule has 0 spiro atoms. The average molecular weight is 196 g/mol. The third-order valence-electron chi connectivity index (χ3n) is 3.53. The van der Waals surface area contributed by atoms with Crippen molar-refractivity contribution in [1.29, 1.82) is 0 Å². The smallest absolute Gasteiger partial charge is 0.113 e. The quantitative estimate of drug-likeness (QED) is 0.784. The summed E-state index contributed by atoms with van der Waals surface area (Å²) in [5, 5.41) is 6.76. The summed E-state index contributed by atoms with van der Waals surface area (Å²) in [7, 11) is 2.05. The van der Waals surface area contributed by atoms with Crippen LogP contribution in [0, 0.1) is 11.8 Å². The Kier molecular flexibility index (Phi) is 2.16. The molecule has 3 atom stereocenters. The minimum Gasteiger partial charge on any atom is -0.308 e. The minimum atomic E-state index is 0.174. The fourth-order valence-electron chi connectivity index (χ4n) is 2.36. The van der Waals surface area contributed by atoms with Gasteiger partial charge in [0.25, 0.3) is 0 Å². The highest BCUT2D eigenvalue weighted by Gasteiger charge is 2.50. The summed E-state index contributed by atoms with van der Waals surface area (Å²) < 4.78 is 0. The molecular weight excluding hydrogens is 180 g/mol.